The molecule has 0 spiro atoms. The maximum Gasteiger partial charge on any atom is 0.419 e. The molecule has 0 N–H and O–H groups in total. The number of aryl methyl sites for hydroxylation is 1. The van der Waals surface area contributed by atoms with Crippen LogP contribution >= 0.6 is 0 Å². The number of benzene rings is 1. The molecule has 0 fully saturated rings. The minimum atomic E-state index is -0.287. The van der Waals surface area contributed by atoms with Gasteiger partial charge in [0, 0.05) is 12.7 Å². The highest BCUT2D eigenvalue weighted by Crippen LogP contribution is 2.39. The number of anilines is 1. The van der Waals surface area contributed by atoms with Crippen molar-refractivity contribution < 1.29 is 9.53 Å². The van der Waals surface area contributed by atoms with Crippen molar-refractivity contribution in [2.75, 3.05) is 11.4 Å². The van der Waals surface area contributed by atoms with Crippen molar-refractivity contribution >= 4 is 22.7 Å². The Hall–Kier alpha value is -2.10. The van der Waals surface area contributed by atoms with Crippen LogP contribution in [0.4, 0.5) is 10.5 Å². The fourth-order valence-electron chi connectivity index (χ4n) is 2.65. The third-order valence-corrected chi connectivity index (χ3v) is 3.73. The second-order valence-corrected chi connectivity index (χ2v) is 5.16. The van der Waals surface area contributed by atoms with Crippen molar-refractivity contribution in [2.24, 2.45) is 0 Å². The van der Waals surface area contributed by atoms with E-state index in [0.717, 1.165) is 41.4 Å². The first kappa shape index (κ1) is 12.9. The number of pyridine rings is 1. The molecule has 4 heteroatoms. The minimum Gasteiger partial charge on any atom is -0.409 e. The van der Waals surface area contributed by atoms with E-state index in [9.17, 15) is 4.79 Å². The molecule has 104 valence electrons. The zero-order valence-electron chi connectivity index (χ0n) is 11.8. The van der Waals surface area contributed by atoms with Gasteiger partial charge in [0.1, 0.15) is 5.75 Å². The molecule has 1 aliphatic heterocycles. The van der Waals surface area contributed by atoms with Crippen molar-refractivity contribution in [2.45, 2.75) is 33.1 Å². The number of rotatable bonds is 4. The highest BCUT2D eigenvalue weighted by molar-refractivity contribution is 6.08. The molecule has 1 aromatic heterocycles. The van der Waals surface area contributed by atoms with Crippen molar-refractivity contribution in [3.63, 3.8) is 0 Å². The van der Waals surface area contributed by atoms with Gasteiger partial charge in [-0.1, -0.05) is 25.8 Å². The fourth-order valence-corrected chi connectivity index (χ4v) is 2.65. The minimum absolute atomic E-state index is 0.287. The molecule has 0 saturated carbocycles. The summed E-state index contributed by atoms with van der Waals surface area (Å²) in [6.07, 6.45) is 4.70. The number of carbonyl (C=O) groups excluding carboxylic acids is 1. The third kappa shape index (κ3) is 2.01. The summed E-state index contributed by atoms with van der Waals surface area (Å²) in [4.78, 5) is 18.3. The number of hydrogen-bond acceptors (Lipinski definition) is 3. The predicted molar refractivity (Wildman–Crippen MR) is 79.4 cm³/mol. The largest absolute Gasteiger partial charge is 0.419 e. The average Bonchev–Trinajstić information content (AvgIpc) is 2.46. The van der Waals surface area contributed by atoms with Crippen LogP contribution in [-0.2, 0) is 0 Å². The Kier molecular flexibility index (Phi) is 3.30. The molecule has 0 radical (unpaired) electrons. The second kappa shape index (κ2) is 5.12. The summed E-state index contributed by atoms with van der Waals surface area (Å²) in [6.45, 7) is 4.87. The molecule has 4 nitrogen and oxygen atoms in total. The first-order chi connectivity index (χ1) is 9.72. The Bertz CT molecular complexity index is 667. The lowest BCUT2D eigenvalue weighted by atomic mass is 10.1. The van der Waals surface area contributed by atoms with Crippen molar-refractivity contribution in [3.8, 4) is 5.75 Å². The molecule has 3 rings (SSSR count). The number of carbonyl (C=O) groups is 1. The summed E-state index contributed by atoms with van der Waals surface area (Å²) < 4.78 is 5.45. The van der Waals surface area contributed by atoms with Crippen LogP contribution in [0.15, 0.2) is 24.4 Å². The van der Waals surface area contributed by atoms with Crippen LogP contribution in [0.3, 0.4) is 0 Å². The van der Waals surface area contributed by atoms with Crippen LogP contribution in [0.25, 0.3) is 10.9 Å². The Morgan fingerprint density at radius 2 is 2.10 bits per heavy atom. The lowest BCUT2D eigenvalue weighted by Gasteiger charge is -2.28. The molecule has 0 atom stereocenters. The summed E-state index contributed by atoms with van der Waals surface area (Å²) in [6, 6.07) is 5.69. The maximum absolute atomic E-state index is 12.2. The van der Waals surface area contributed by atoms with E-state index < -0.39 is 0 Å². The summed E-state index contributed by atoms with van der Waals surface area (Å²) in [7, 11) is 0. The highest BCUT2D eigenvalue weighted by Gasteiger charge is 2.27. The summed E-state index contributed by atoms with van der Waals surface area (Å²) in [5, 5.41) is 0.948. The van der Waals surface area contributed by atoms with Gasteiger partial charge in [-0.15, -0.1) is 0 Å². The van der Waals surface area contributed by atoms with Crippen LogP contribution in [-0.4, -0.2) is 17.6 Å². The quantitative estimate of drug-likeness (QED) is 0.787. The van der Waals surface area contributed by atoms with E-state index >= 15 is 0 Å². The van der Waals surface area contributed by atoms with E-state index in [2.05, 4.69) is 11.9 Å². The van der Waals surface area contributed by atoms with Crippen LogP contribution in [0.1, 0.15) is 31.7 Å². The molecule has 0 aliphatic carbocycles. The number of nitrogens with zero attached hydrogens (tertiary/aromatic N) is 2. The molecule has 1 amide bonds. The molecule has 0 unspecified atom stereocenters. The molecule has 2 aromatic rings. The first-order valence-corrected chi connectivity index (χ1v) is 7.10. The lowest BCUT2D eigenvalue weighted by Crippen LogP contribution is -2.37. The number of aromatic nitrogens is 1. The summed E-state index contributed by atoms with van der Waals surface area (Å²) in [5.74, 6) is 0.616. The average molecular weight is 270 g/mol. The molecule has 0 saturated heterocycles. The lowest BCUT2D eigenvalue weighted by molar-refractivity contribution is 0.206. The molecule has 0 bridgehead atoms. The van der Waals surface area contributed by atoms with Crippen LogP contribution in [0.5, 0.6) is 5.75 Å². The summed E-state index contributed by atoms with van der Waals surface area (Å²) in [5.41, 5.74) is 2.92. The highest BCUT2D eigenvalue weighted by atomic mass is 16.6. The number of unbranched alkanes of at least 4 members (excludes halogenated alkanes) is 2. The van der Waals surface area contributed by atoms with E-state index in [1.807, 2.05) is 25.1 Å². The SMILES string of the molecule is CCCCCN1C(=O)Oc2ccc(C)c3nccc1c23. The van der Waals surface area contributed by atoms with Gasteiger partial charge in [0.05, 0.1) is 16.6 Å². The van der Waals surface area contributed by atoms with Crippen LogP contribution in [0.2, 0.25) is 0 Å². The Morgan fingerprint density at radius 3 is 2.90 bits per heavy atom. The van der Waals surface area contributed by atoms with E-state index in [0.29, 0.717) is 12.3 Å². The van der Waals surface area contributed by atoms with Gasteiger partial charge in [-0.05, 0) is 31.0 Å². The zero-order chi connectivity index (χ0) is 14.1. The van der Waals surface area contributed by atoms with E-state index in [1.54, 1.807) is 11.1 Å². The van der Waals surface area contributed by atoms with Gasteiger partial charge in [-0.3, -0.25) is 9.88 Å². The van der Waals surface area contributed by atoms with Crippen LogP contribution < -0.4 is 9.64 Å². The van der Waals surface area contributed by atoms with Crippen molar-refractivity contribution in [3.05, 3.63) is 30.0 Å². The Balaban J connectivity index is 2.09. The van der Waals surface area contributed by atoms with E-state index in [4.69, 9.17) is 4.74 Å². The van der Waals surface area contributed by atoms with Gasteiger partial charge >= 0.3 is 6.09 Å². The van der Waals surface area contributed by atoms with Gasteiger partial charge in [0.2, 0.25) is 0 Å². The number of amides is 1. The van der Waals surface area contributed by atoms with Gasteiger partial charge in [-0.25, -0.2) is 4.79 Å². The van der Waals surface area contributed by atoms with Crippen LogP contribution in [0, 0.1) is 6.92 Å². The maximum atomic E-state index is 12.2. The smallest absolute Gasteiger partial charge is 0.409 e. The standard InChI is InChI=1S/C16H18N2O2/c1-3-4-5-10-18-12-8-9-17-15-11(2)6-7-13(14(12)15)20-16(18)19/h6-9H,3-5,10H2,1-2H3. The van der Waals surface area contributed by atoms with Gasteiger partial charge < -0.3 is 4.74 Å². The third-order valence-electron chi connectivity index (χ3n) is 3.73. The molecule has 1 aliphatic rings. The Morgan fingerprint density at radius 1 is 1.25 bits per heavy atom. The molecular formula is C16H18N2O2. The van der Waals surface area contributed by atoms with Gasteiger partial charge in [0.15, 0.2) is 0 Å². The number of ether oxygens (including phenoxy) is 1. The van der Waals surface area contributed by atoms with E-state index in [-0.39, 0.29) is 6.09 Å². The Labute approximate surface area is 118 Å². The van der Waals surface area contributed by atoms with Gasteiger partial charge in [-0.2, -0.15) is 0 Å². The summed E-state index contributed by atoms with van der Waals surface area (Å²) >= 11 is 0. The van der Waals surface area contributed by atoms with Crippen molar-refractivity contribution in [1.82, 2.24) is 4.98 Å². The molecular weight excluding hydrogens is 252 g/mol. The number of hydrogen-bond donors (Lipinski definition) is 0. The molecule has 1 aromatic carbocycles. The fraction of sp³-hybridized carbons (Fsp3) is 0.375. The topological polar surface area (TPSA) is 42.4 Å². The zero-order valence-corrected chi connectivity index (χ0v) is 11.8. The van der Waals surface area contributed by atoms with E-state index in [1.165, 1.54) is 0 Å². The normalized spacial score (nSPS) is 13.7. The molecule has 20 heavy (non-hydrogen) atoms. The second-order valence-electron chi connectivity index (χ2n) is 5.16. The van der Waals surface area contributed by atoms with Crippen molar-refractivity contribution in [1.29, 1.82) is 0 Å². The monoisotopic (exact) mass is 270 g/mol. The van der Waals surface area contributed by atoms with Gasteiger partial charge in [0.25, 0.3) is 0 Å². The predicted octanol–water partition coefficient (Wildman–Crippen LogP) is 4.05. The first-order valence-electron chi connectivity index (χ1n) is 7.10. The molecule has 2 heterocycles.